The third-order valence-corrected chi connectivity index (χ3v) is 8.35. The van der Waals surface area contributed by atoms with E-state index < -0.39 is 17.4 Å². The molecule has 4 aliphatic carbocycles. The molecule has 6 rings (SSSR count). The average molecular weight is 495 g/mol. The van der Waals surface area contributed by atoms with E-state index in [1.807, 2.05) is 31.2 Å². The first-order chi connectivity index (χ1) is 16.7. The molecular weight excluding hydrogens is 464 g/mol. The molecule has 2 N–H and O–H groups in total. The Bertz CT molecular complexity index is 1150. The molecule has 0 aliphatic heterocycles. The fourth-order valence-electron chi connectivity index (χ4n) is 7.03. The van der Waals surface area contributed by atoms with Gasteiger partial charge in [-0.25, -0.2) is 0 Å². The molecule has 0 radical (unpaired) electrons. The van der Waals surface area contributed by atoms with E-state index in [9.17, 15) is 14.4 Å². The molecule has 4 bridgehead atoms. The Kier molecular flexibility index (Phi) is 6.12. The lowest BCUT2D eigenvalue weighted by Gasteiger charge is -2.60. The molecule has 7 heteroatoms. The van der Waals surface area contributed by atoms with Crippen LogP contribution in [-0.4, -0.2) is 23.3 Å². The Morgan fingerprint density at radius 3 is 2.34 bits per heavy atom. The molecule has 0 heterocycles. The Balaban J connectivity index is 1.40. The highest BCUT2D eigenvalue weighted by molar-refractivity contribution is 6.31. The van der Waals surface area contributed by atoms with Crippen LogP contribution in [0.3, 0.4) is 0 Å². The quantitative estimate of drug-likeness (QED) is 0.530. The zero-order valence-corrected chi connectivity index (χ0v) is 20.9. The van der Waals surface area contributed by atoms with Crippen molar-refractivity contribution in [2.24, 2.45) is 17.3 Å². The summed E-state index contributed by atoms with van der Waals surface area (Å²) < 4.78 is 6.06. The minimum atomic E-state index is -1.09. The third-order valence-electron chi connectivity index (χ3n) is 7.94. The van der Waals surface area contributed by atoms with Crippen LogP contribution in [0.5, 0.6) is 0 Å². The molecule has 3 atom stereocenters. The largest absolute Gasteiger partial charge is 0.447 e. The van der Waals surface area contributed by atoms with Gasteiger partial charge in [-0.2, -0.15) is 0 Å². The minimum Gasteiger partial charge on any atom is -0.447 e. The van der Waals surface area contributed by atoms with Crippen molar-refractivity contribution in [3.8, 4) is 0 Å². The van der Waals surface area contributed by atoms with Crippen LogP contribution in [0.15, 0.2) is 48.5 Å². The van der Waals surface area contributed by atoms with Crippen molar-refractivity contribution in [1.82, 2.24) is 5.32 Å². The number of halogens is 1. The van der Waals surface area contributed by atoms with E-state index in [2.05, 4.69) is 10.6 Å². The van der Waals surface area contributed by atoms with Crippen molar-refractivity contribution in [2.75, 3.05) is 5.32 Å². The van der Waals surface area contributed by atoms with Crippen molar-refractivity contribution in [3.63, 3.8) is 0 Å². The van der Waals surface area contributed by atoms with E-state index in [1.165, 1.54) is 6.92 Å². The summed E-state index contributed by atoms with van der Waals surface area (Å²) in [7, 11) is 0. The van der Waals surface area contributed by atoms with Gasteiger partial charge in [0, 0.05) is 28.7 Å². The second-order valence-electron chi connectivity index (χ2n) is 10.9. The Labute approximate surface area is 210 Å². The fraction of sp³-hybridized carbons (Fsp3) is 0.464. The van der Waals surface area contributed by atoms with Crippen LogP contribution in [0.1, 0.15) is 62.7 Å². The highest BCUT2D eigenvalue weighted by atomic mass is 35.5. The number of carbonyl (C=O) groups excluding carboxylic acids is 3. The molecule has 4 saturated carbocycles. The summed E-state index contributed by atoms with van der Waals surface area (Å²) in [4.78, 5) is 39.2. The molecule has 35 heavy (non-hydrogen) atoms. The lowest BCUT2D eigenvalue weighted by Crippen LogP contribution is -2.64. The number of aryl methyl sites for hydroxylation is 1. The van der Waals surface area contributed by atoms with Gasteiger partial charge in [-0.05, 0) is 75.0 Å². The maximum atomic E-state index is 13.8. The molecule has 0 saturated heterocycles. The molecule has 4 aliphatic rings. The SMILES string of the molecule is CC(=O)NC12CC3CC(C1)CC(C(=O)OC(C(=O)Nc1ccc(C)c(Cl)c1)c1ccccc1)(C3)C2. The Morgan fingerprint density at radius 2 is 1.71 bits per heavy atom. The zero-order chi connectivity index (χ0) is 24.8. The smallest absolute Gasteiger partial charge is 0.313 e. The summed E-state index contributed by atoms with van der Waals surface area (Å²) in [6.45, 7) is 3.43. The zero-order valence-electron chi connectivity index (χ0n) is 20.1. The first kappa shape index (κ1) is 23.9. The van der Waals surface area contributed by atoms with Gasteiger partial charge >= 0.3 is 5.97 Å². The number of hydrogen-bond acceptors (Lipinski definition) is 4. The van der Waals surface area contributed by atoms with Crippen LogP contribution in [0.4, 0.5) is 5.69 Å². The van der Waals surface area contributed by atoms with Crippen molar-refractivity contribution in [3.05, 3.63) is 64.7 Å². The van der Waals surface area contributed by atoms with Gasteiger partial charge in [-0.15, -0.1) is 0 Å². The number of esters is 1. The first-order valence-electron chi connectivity index (χ1n) is 12.3. The van der Waals surface area contributed by atoms with Gasteiger partial charge in [0.1, 0.15) is 0 Å². The maximum absolute atomic E-state index is 13.8. The van der Waals surface area contributed by atoms with Crippen LogP contribution < -0.4 is 10.6 Å². The highest BCUT2D eigenvalue weighted by Crippen LogP contribution is 2.62. The van der Waals surface area contributed by atoms with Crippen molar-refractivity contribution in [2.45, 2.75) is 64.0 Å². The summed E-state index contributed by atoms with van der Waals surface area (Å²) in [5.74, 6) is -0.0597. The van der Waals surface area contributed by atoms with Gasteiger partial charge in [0.2, 0.25) is 12.0 Å². The summed E-state index contributed by atoms with van der Waals surface area (Å²) in [6.07, 6.45) is 3.90. The topological polar surface area (TPSA) is 84.5 Å². The van der Waals surface area contributed by atoms with Crippen LogP contribution in [-0.2, 0) is 19.1 Å². The molecule has 0 aromatic heterocycles. The molecular formula is C28H31ClN2O4. The molecule has 0 spiro atoms. The molecule has 184 valence electrons. The number of benzene rings is 2. The predicted octanol–water partition coefficient (Wildman–Crippen LogP) is 5.35. The number of rotatable bonds is 6. The molecule has 2 amide bonds. The first-order valence-corrected chi connectivity index (χ1v) is 12.7. The number of amides is 2. The third kappa shape index (κ3) is 4.68. The second kappa shape index (κ2) is 8.98. The van der Waals surface area contributed by atoms with Gasteiger partial charge in [0.05, 0.1) is 5.41 Å². The Morgan fingerprint density at radius 1 is 1.03 bits per heavy atom. The number of nitrogens with one attached hydrogen (secondary N) is 2. The lowest BCUT2D eigenvalue weighted by atomic mass is 9.47. The van der Waals surface area contributed by atoms with Crippen molar-refractivity contribution in [1.29, 1.82) is 0 Å². The summed E-state index contributed by atoms with van der Waals surface area (Å²) in [5.41, 5.74) is 1.04. The van der Waals surface area contributed by atoms with Gasteiger partial charge in [0.15, 0.2) is 0 Å². The number of ether oxygens (including phenoxy) is 1. The van der Waals surface area contributed by atoms with Gasteiger partial charge in [0.25, 0.3) is 5.91 Å². The van der Waals surface area contributed by atoms with Crippen molar-refractivity contribution >= 4 is 35.1 Å². The van der Waals surface area contributed by atoms with Crippen LogP contribution >= 0.6 is 11.6 Å². The normalized spacial score (nSPS) is 29.3. The van der Waals surface area contributed by atoms with Crippen LogP contribution in [0.2, 0.25) is 5.02 Å². The maximum Gasteiger partial charge on any atom is 0.313 e. The van der Waals surface area contributed by atoms with Gasteiger partial charge in [-0.1, -0.05) is 48.0 Å². The summed E-state index contributed by atoms with van der Waals surface area (Å²) >= 11 is 6.24. The van der Waals surface area contributed by atoms with E-state index >= 15 is 0 Å². The summed E-state index contributed by atoms with van der Waals surface area (Å²) in [5, 5.41) is 6.59. The second-order valence-corrected chi connectivity index (χ2v) is 11.3. The van der Waals surface area contributed by atoms with E-state index in [-0.39, 0.29) is 17.4 Å². The highest BCUT2D eigenvalue weighted by Gasteiger charge is 2.62. The summed E-state index contributed by atoms with van der Waals surface area (Å²) in [6, 6.07) is 14.4. The predicted molar refractivity (Wildman–Crippen MR) is 134 cm³/mol. The van der Waals surface area contributed by atoms with Crippen LogP contribution in [0.25, 0.3) is 0 Å². The van der Waals surface area contributed by atoms with Crippen LogP contribution in [0, 0.1) is 24.2 Å². The van der Waals surface area contributed by atoms with E-state index in [0.717, 1.165) is 37.7 Å². The standard InChI is InChI=1S/C28H31ClN2O4/c1-17-8-9-22(11-23(17)29)30-25(33)24(21-6-4-3-5-7-21)35-26(34)27-12-19-10-20(13-27)15-28(14-19,16-27)31-18(2)32/h3-9,11,19-20,24H,10,12-16H2,1-2H3,(H,30,33)(H,31,32). The number of anilines is 1. The molecule has 2 aromatic rings. The fourth-order valence-corrected chi connectivity index (χ4v) is 7.21. The van der Waals surface area contributed by atoms with E-state index in [4.69, 9.17) is 16.3 Å². The number of carbonyl (C=O) groups is 3. The number of hydrogen-bond donors (Lipinski definition) is 2. The molecule has 6 nitrogen and oxygen atoms in total. The van der Waals surface area contributed by atoms with Gasteiger partial charge in [-0.3, -0.25) is 14.4 Å². The van der Waals surface area contributed by atoms with E-state index in [1.54, 1.807) is 24.3 Å². The average Bonchev–Trinajstić information content (AvgIpc) is 2.78. The lowest BCUT2D eigenvalue weighted by molar-refractivity contribution is -0.182. The Hall–Kier alpha value is -2.86. The molecule has 4 fully saturated rings. The van der Waals surface area contributed by atoms with Gasteiger partial charge < -0.3 is 15.4 Å². The van der Waals surface area contributed by atoms with E-state index in [0.29, 0.717) is 34.5 Å². The van der Waals surface area contributed by atoms with Crippen molar-refractivity contribution < 1.29 is 19.1 Å². The monoisotopic (exact) mass is 494 g/mol. The minimum absolute atomic E-state index is 0.0613. The molecule has 2 aromatic carbocycles. The molecule has 3 unspecified atom stereocenters.